The largest absolute Gasteiger partial charge is 0.472 e. The molecule has 1 heterocycles. The summed E-state index contributed by atoms with van der Waals surface area (Å²) in [4.78, 5) is 11.1. The molecule has 0 spiro atoms. The number of nitrogens with two attached hydrogens (primary N) is 1. The number of aromatic nitrogens is 1. The Labute approximate surface area is 87.0 Å². The number of aliphatic hydroxyl groups excluding tert-OH is 1. The first-order chi connectivity index (χ1) is 7.20. The van der Waals surface area contributed by atoms with Crippen LogP contribution in [0.3, 0.4) is 0 Å². The van der Waals surface area contributed by atoms with Crippen LogP contribution in [0.1, 0.15) is 29.5 Å². The molecule has 0 radical (unpaired) electrons. The lowest BCUT2D eigenvalue weighted by molar-refractivity contribution is 0.0993. The van der Waals surface area contributed by atoms with E-state index in [0.29, 0.717) is 12.2 Å². The molecule has 15 heavy (non-hydrogen) atoms. The van der Waals surface area contributed by atoms with Crippen LogP contribution in [-0.4, -0.2) is 29.4 Å². The number of amides is 1. The van der Waals surface area contributed by atoms with Gasteiger partial charge in [0.25, 0.3) is 11.8 Å². The van der Waals surface area contributed by atoms with Gasteiger partial charge >= 0.3 is 0 Å². The fraction of sp³-hybridized carbons (Fsp3) is 0.556. The van der Waals surface area contributed by atoms with Crippen molar-refractivity contribution in [1.82, 2.24) is 5.16 Å². The maximum atomic E-state index is 11.1. The van der Waals surface area contributed by atoms with Crippen LogP contribution >= 0.6 is 0 Å². The van der Waals surface area contributed by atoms with Crippen LogP contribution < -0.4 is 10.5 Å². The smallest absolute Gasteiger partial charge is 0.267 e. The molecule has 0 aliphatic rings. The Kier molecular flexibility index (Phi) is 4.11. The third-order valence-electron chi connectivity index (χ3n) is 1.78. The quantitative estimate of drug-likeness (QED) is 0.699. The molecule has 1 aromatic heterocycles. The minimum Gasteiger partial charge on any atom is -0.472 e. The van der Waals surface area contributed by atoms with E-state index in [0.717, 1.165) is 6.42 Å². The Morgan fingerprint density at radius 1 is 1.67 bits per heavy atom. The summed E-state index contributed by atoms with van der Waals surface area (Å²) in [6.45, 7) is 1.84. The molecule has 0 unspecified atom stereocenters. The zero-order valence-electron chi connectivity index (χ0n) is 8.52. The van der Waals surface area contributed by atoms with Gasteiger partial charge in [0.05, 0.1) is 6.61 Å². The topological polar surface area (TPSA) is 98.6 Å². The van der Waals surface area contributed by atoms with Crippen LogP contribution in [0.15, 0.2) is 4.52 Å². The summed E-state index contributed by atoms with van der Waals surface area (Å²) in [6, 6.07) is 0. The van der Waals surface area contributed by atoms with Crippen LogP contribution in [0, 0.1) is 0 Å². The van der Waals surface area contributed by atoms with Crippen molar-refractivity contribution < 1.29 is 19.2 Å². The van der Waals surface area contributed by atoms with Crippen LogP contribution in [0.5, 0.6) is 5.88 Å². The van der Waals surface area contributed by atoms with E-state index in [-0.39, 0.29) is 24.7 Å². The molecule has 84 valence electrons. The van der Waals surface area contributed by atoms with Gasteiger partial charge in [0.1, 0.15) is 12.2 Å². The molecule has 0 aliphatic carbocycles. The van der Waals surface area contributed by atoms with E-state index in [1.54, 1.807) is 0 Å². The molecule has 0 saturated carbocycles. The Morgan fingerprint density at radius 2 is 2.40 bits per heavy atom. The van der Waals surface area contributed by atoms with E-state index in [2.05, 4.69) is 5.16 Å². The number of aryl methyl sites for hydroxylation is 1. The highest BCUT2D eigenvalue weighted by molar-refractivity contribution is 5.96. The van der Waals surface area contributed by atoms with Gasteiger partial charge in [-0.25, -0.2) is 0 Å². The Hall–Kier alpha value is -1.56. The van der Waals surface area contributed by atoms with Gasteiger partial charge < -0.3 is 20.1 Å². The predicted octanol–water partition coefficient (Wildman–Crippen LogP) is 0.0971. The third kappa shape index (κ3) is 2.69. The van der Waals surface area contributed by atoms with Gasteiger partial charge in [0.15, 0.2) is 5.76 Å². The van der Waals surface area contributed by atoms with Crippen molar-refractivity contribution in [2.45, 2.75) is 19.8 Å². The zero-order valence-corrected chi connectivity index (χ0v) is 8.52. The van der Waals surface area contributed by atoms with E-state index < -0.39 is 5.91 Å². The Bertz CT molecular complexity index is 335. The number of ether oxygens (including phenoxy) is 1. The monoisotopic (exact) mass is 214 g/mol. The first-order valence-corrected chi connectivity index (χ1v) is 4.72. The maximum Gasteiger partial charge on any atom is 0.267 e. The van der Waals surface area contributed by atoms with Crippen molar-refractivity contribution in [2.75, 3.05) is 13.2 Å². The summed E-state index contributed by atoms with van der Waals surface area (Å²) in [6.07, 6.45) is 1.39. The number of carbonyl (C=O) groups excluding carboxylic acids is 1. The van der Waals surface area contributed by atoms with E-state index in [4.69, 9.17) is 20.1 Å². The van der Waals surface area contributed by atoms with E-state index >= 15 is 0 Å². The van der Waals surface area contributed by atoms with Gasteiger partial charge in [-0.3, -0.25) is 4.79 Å². The second kappa shape index (κ2) is 5.35. The number of rotatable bonds is 6. The summed E-state index contributed by atoms with van der Waals surface area (Å²) < 4.78 is 9.96. The van der Waals surface area contributed by atoms with Crippen molar-refractivity contribution in [2.24, 2.45) is 5.73 Å². The van der Waals surface area contributed by atoms with Crippen LogP contribution in [0.25, 0.3) is 0 Å². The molecule has 0 aromatic carbocycles. The third-order valence-corrected chi connectivity index (χ3v) is 1.78. The van der Waals surface area contributed by atoms with Gasteiger partial charge in [-0.15, -0.1) is 0 Å². The number of carbonyl (C=O) groups is 1. The molecule has 0 bridgehead atoms. The molecule has 6 nitrogen and oxygen atoms in total. The minimum atomic E-state index is -0.632. The Morgan fingerprint density at radius 3 is 2.93 bits per heavy atom. The highest BCUT2D eigenvalue weighted by atomic mass is 16.5. The average molecular weight is 214 g/mol. The fourth-order valence-corrected chi connectivity index (χ4v) is 1.19. The molecule has 1 rings (SSSR count). The summed E-state index contributed by atoms with van der Waals surface area (Å²) >= 11 is 0. The van der Waals surface area contributed by atoms with Gasteiger partial charge in [-0.2, -0.15) is 0 Å². The van der Waals surface area contributed by atoms with Crippen LogP contribution in [0.2, 0.25) is 0 Å². The zero-order chi connectivity index (χ0) is 11.3. The number of hydrogen-bond donors (Lipinski definition) is 2. The molecule has 6 heteroatoms. The minimum absolute atomic E-state index is 0.0539. The van der Waals surface area contributed by atoms with Crippen molar-refractivity contribution in [3.8, 4) is 5.88 Å². The van der Waals surface area contributed by atoms with Gasteiger partial charge in [0.2, 0.25) is 0 Å². The predicted molar refractivity (Wildman–Crippen MR) is 51.6 cm³/mol. The normalized spacial score (nSPS) is 10.3. The SMILES string of the molecule is CCCc1onc(OCCO)c1C(N)=O. The van der Waals surface area contributed by atoms with E-state index in [1.165, 1.54) is 0 Å². The fourth-order valence-electron chi connectivity index (χ4n) is 1.19. The molecule has 0 aliphatic heterocycles. The maximum absolute atomic E-state index is 11.1. The molecule has 3 N–H and O–H groups in total. The number of hydrogen-bond acceptors (Lipinski definition) is 5. The van der Waals surface area contributed by atoms with Crippen LogP contribution in [-0.2, 0) is 6.42 Å². The molecular formula is C9H14N2O4. The number of primary amides is 1. The molecule has 1 aromatic rings. The number of nitrogens with zero attached hydrogens (tertiary/aromatic N) is 1. The van der Waals surface area contributed by atoms with Gasteiger partial charge in [-0.05, 0) is 11.6 Å². The molecule has 0 atom stereocenters. The molecule has 0 fully saturated rings. The first kappa shape index (κ1) is 11.5. The lowest BCUT2D eigenvalue weighted by Crippen LogP contribution is -2.15. The molecule has 0 saturated heterocycles. The highest BCUT2D eigenvalue weighted by Gasteiger charge is 2.21. The second-order valence-electron chi connectivity index (χ2n) is 2.97. The second-order valence-corrected chi connectivity index (χ2v) is 2.97. The van der Waals surface area contributed by atoms with Gasteiger partial charge in [-0.1, -0.05) is 6.92 Å². The first-order valence-electron chi connectivity index (χ1n) is 4.72. The molecular weight excluding hydrogens is 200 g/mol. The summed E-state index contributed by atoms with van der Waals surface area (Å²) in [5, 5.41) is 12.2. The van der Waals surface area contributed by atoms with Crippen LogP contribution in [0.4, 0.5) is 0 Å². The van der Waals surface area contributed by atoms with Crippen molar-refractivity contribution in [3.05, 3.63) is 11.3 Å². The lowest BCUT2D eigenvalue weighted by atomic mass is 10.1. The number of aliphatic hydroxyl groups is 1. The van der Waals surface area contributed by atoms with Crippen molar-refractivity contribution in [3.63, 3.8) is 0 Å². The highest BCUT2D eigenvalue weighted by Crippen LogP contribution is 2.21. The average Bonchev–Trinajstić information content (AvgIpc) is 2.58. The summed E-state index contributed by atoms with van der Waals surface area (Å²) in [5.74, 6) is -0.148. The molecule has 1 amide bonds. The summed E-state index contributed by atoms with van der Waals surface area (Å²) in [7, 11) is 0. The Balaban J connectivity index is 2.90. The van der Waals surface area contributed by atoms with Gasteiger partial charge in [0, 0.05) is 6.42 Å². The standard InChI is InChI=1S/C9H14N2O4/c1-2-3-6-7(8(10)13)9(11-15-6)14-5-4-12/h12H,2-5H2,1H3,(H2,10,13). The summed E-state index contributed by atoms with van der Waals surface area (Å²) in [5.41, 5.74) is 5.35. The van der Waals surface area contributed by atoms with E-state index in [1.807, 2.05) is 6.92 Å². The lowest BCUT2D eigenvalue weighted by Gasteiger charge is -2.00. The van der Waals surface area contributed by atoms with Crippen molar-refractivity contribution >= 4 is 5.91 Å². The van der Waals surface area contributed by atoms with Crippen molar-refractivity contribution in [1.29, 1.82) is 0 Å². The van der Waals surface area contributed by atoms with E-state index in [9.17, 15) is 4.79 Å².